The summed E-state index contributed by atoms with van der Waals surface area (Å²) >= 11 is 0. The van der Waals surface area contributed by atoms with Crippen LogP contribution in [-0.2, 0) is 30.3 Å². The molecule has 10 heterocycles. The van der Waals surface area contributed by atoms with Gasteiger partial charge in [0.2, 0.25) is 0 Å². The summed E-state index contributed by atoms with van der Waals surface area (Å²) in [6.45, 7) is 24.7. The highest BCUT2D eigenvalue weighted by Gasteiger charge is 2.29. The highest BCUT2D eigenvalue weighted by atomic mass is 16.5. The number of nitrogens with one attached hydrogen (secondary N) is 4. The van der Waals surface area contributed by atoms with E-state index in [1.165, 1.54) is 0 Å². The Morgan fingerprint density at radius 1 is 0.392 bits per heavy atom. The third-order valence-electron chi connectivity index (χ3n) is 18.9. The van der Waals surface area contributed by atoms with Gasteiger partial charge < -0.3 is 70.6 Å². The number of ether oxygens (including phenoxy) is 1. The molecule has 514 valence electrons. The van der Waals surface area contributed by atoms with E-state index in [4.69, 9.17) is 40.0 Å². The summed E-state index contributed by atoms with van der Waals surface area (Å²) in [5.41, 5.74) is 22.5. The predicted octanol–water partition coefficient (Wildman–Crippen LogP) is 12.0. The van der Waals surface area contributed by atoms with Crippen molar-refractivity contribution in [3.05, 3.63) is 139 Å². The number of carbonyl (C=O) groups is 4. The second kappa shape index (κ2) is 30.5. The molecule has 0 saturated carbocycles. The van der Waals surface area contributed by atoms with Crippen LogP contribution in [0.1, 0.15) is 209 Å². The Kier molecular flexibility index (Phi) is 22.6. The van der Waals surface area contributed by atoms with Gasteiger partial charge >= 0.3 is 23.9 Å². The molecule has 4 unspecified atom stereocenters. The van der Waals surface area contributed by atoms with Crippen LogP contribution in [-0.4, -0.2) is 160 Å². The van der Waals surface area contributed by atoms with E-state index >= 15 is 0 Å². The number of carboxylic acids is 4. The summed E-state index contributed by atoms with van der Waals surface area (Å²) < 4.78 is 7.28. The molecule has 0 fully saturated rings. The lowest BCUT2D eigenvalue weighted by molar-refractivity contribution is -0.137. The number of nitrogens with zero attached hydrogens (tertiary/aromatic N) is 5. The summed E-state index contributed by atoms with van der Waals surface area (Å²) in [6.07, 6.45) is -2.72. The minimum absolute atomic E-state index is 0.0694. The first-order valence-corrected chi connectivity index (χ1v) is 32.8. The number of aliphatic hydroxyl groups excluding tert-OH is 5. The topological polar surface area (TPSA) is 378 Å². The molecule has 0 saturated heterocycles. The molecule has 0 amide bonds. The van der Waals surface area contributed by atoms with Crippen LogP contribution < -0.4 is 0 Å². The van der Waals surface area contributed by atoms with E-state index < -0.39 is 48.3 Å². The Labute approximate surface area is 561 Å². The lowest BCUT2D eigenvalue weighted by Gasteiger charge is -2.20. The van der Waals surface area contributed by atoms with Crippen molar-refractivity contribution in [1.82, 2.24) is 44.8 Å². The van der Waals surface area contributed by atoms with Gasteiger partial charge in [-0.2, -0.15) is 0 Å². The maximum absolute atomic E-state index is 12.2. The molecule has 6 aromatic heterocycles. The molecular formula is C74H89N9O14. The second-order valence-electron chi connectivity index (χ2n) is 25.4. The first kappa shape index (κ1) is 72.1. The highest BCUT2D eigenvalue weighted by molar-refractivity contribution is 5.99. The maximum Gasteiger partial charge on any atom is 0.303 e. The van der Waals surface area contributed by atoms with Crippen molar-refractivity contribution in [2.24, 2.45) is 0 Å². The molecule has 0 aromatic carbocycles. The molecule has 16 bridgehead atoms. The van der Waals surface area contributed by atoms with Crippen LogP contribution in [0.4, 0.5) is 0 Å². The molecule has 13 N–H and O–H groups in total. The monoisotopic (exact) mass is 1330 g/mol. The number of H-pyrrole nitrogens is 4. The minimum Gasteiger partial charge on any atom is -0.481 e. The normalized spacial score (nSPS) is 14.5. The Hall–Kier alpha value is -9.20. The molecule has 10 rings (SSSR count). The molecule has 4 aliphatic heterocycles. The van der Waals surface area contributed by atoms with Gasteiger partial charge in [0.1, 0.15) is 0 Å². The van der Waals surface area contributed by atoms with Gasteiger partial charge in [-0.3, -0.25) is 24.1 Å². The van der Waals surface area contributed by atoms with Crippen LogP contribution in [0.3, 0.4) is 0 Å². The summed E-state index contributed by atoms with van der Waals surface area (Å²) in [5.74, 6) is -3.82. The predicted molar refractivity (Wildman–Crippen MR) is 375 cm³/mol. The summed E-state index contributed by atoms with van der Waals surface area (Å²) in [5, 5.41) is 87.7. The Bertz CT molecular complexity index is 4600. The van der Waals surface area contributed by atoms with Gasteiger partial charge in [-0.15, -0.1) is 0 Å². The molecule has 0 radical (unpaired) electrons. The zero-order valence-corrected chi connectivity index (χ0v) is 57.1. The zero-order valence-electron chi connectivity index (χ0n) is 57.1. The van der Waals surface area contributed by atoms with Crippen LogP contribution >= 0.6 is 0 Å². The molecule has 97 heavy (non-hydrogen) atoms. The van der Waals surface area contributed by atoms with Gasteiger partial charge in [0.05, 0.1) is 89.8 Å². The number of carboxylic acid groups (broad SMARTS) is 4. The van der Waals surface area contributed by atoms with Crippen molar-refractivity contribution < 1.29 is 69.9 Å². The van der Waals surface area contributed by atoms with Crippen molar-refractivity contribution in [3.8, 4) is 0 Å². The Morgan fingerprint density at radius 2 is 0.711 bits per heavy atom. The number of aliphatic hydroxyl groups is 5. The van der Waals surface area contributed by atoms with Gasteiger partial charge in [0, 0.05) is 112 Å². The number of rotatable bonds is 24. The van der Waals surface area contributed by atoms with Crippen LogP contribution in [0.2, 0.25) is 0 Å². The van der Waals surface area contributed by atoms with E-state index in [0.29, 0.717) is 115 Å². The van der Waals surface area contributed by atoms with Crippen molar-refractivity contribution in [2.75, 3.05) is 39.5 Å². The van der Waals surface area contributed by atoms with Crippen LogP contribution in [0.5, 0.6) is 0 Å². The Morgan fingerprint density at radius 3 is 1.13 bits per heavy atom. The third-order valence-corrected chi connectivity index (χ3v) is 18.9. The standard InChI is InChI=1S/C68H74N8O11.C6H15NO3/c1-29-41(13-17-61(79)80)53-28-56-44(16-20-64(85)86)32(4)48(72-56)24-59-68(36(8)52(76-59)25-58-65(37(9)77)33(5)49(73-58)21-45(29)69-53)40(12)87-39(11)67-35(7)50-22-46-30(2)42(14-18-62(81)82)54(70-46)27-55-43(15-19-63(83)84)31(3)47(71-55)23-57-66(38(10)78)34(6)51(74-57)26-60(67)75-50;8-4-1-7(2-5-9)3-6-10/h21-28,37-40,72,74-78H,13-20H2,1-12H3,(H,79,80)(H,81,82)(H,83,84)(H,85,86);8-10H,1-6H2. The summed E-state index contributed by atoms with van der Waals surface area (Å²) in [7, 11) is 0. The lowest BCUT2D eigenvalue weighted by Crippen LogP contribution is -2.32. The van der Waals surface area contributed by atoms with Crippen molar-refractivity contribution in [2.45, 2.75) is 159 Å². The number of hydrogen-bond donors (Lipinski definition) is 13. The minimum atomic E-state index is -0.962. The van der Waals surface area contributed by atoms with Gasteiger partial charge in [0.15, 0.2) is 0 Å². The van der Waals surface area contributed by atoms with E-state index in [9.17, 15) is 49.8 Å². The summed E-state index contributed by atoms with van der Waals surface area (Å²) in [6, 6.07) is 15.3. The summed E-state index contributed by atoms with van der Waals surface area (Å²) in [4.78, 5) is 84.9. The number of aromatic amines is 4. The molecule has 4 aliphatic rings. The SMILES string of the molecule is CC1=C(CCC(=O)O)c2cc3nc(cc4[nH]c(cc5[nH]c(cc1n2)c(C)c5C(C)OC(C)c1c(C)c2cc5nc(cc6nc(cc7[nH]c(cc1[nH]2)c(C)c7CCC(=O)O)C(CCC(=O)O)=C6C)C(C)=C5C(C)O)c(C)c4C(C)O)C(C)=C3CCC(=O)O.OCCN(CCO)CCO. The van der Waals surface area contributed by atoms with Crippen molar-refractivity contribution in [1.29, 1.82) is 0 Å². The maximum atomic E-state index is 12.2. The van der Waals surface area contributed by atoms with Gasteiger partial charge in [-0.1, -0.05) is 0 Å². The smallest absolute Gasteiger partial charge is 0.303 e. The molecule has 6 aromatic rings. The number of aryl methyl sites for hydroxylation is 5. The number of aliphatic carboxylic acids is 4. The quantitative estimate of drug-likeness (QED) is 0.0268. The highest BCUT2D eigenvalue weighted by Crippen LogP contribution is 2.43. The van der Waals surface area contributed by atoms with Gasteiger partial charge in [-0.25, -0.2) is 19.9 Å². The zero-order chi connectivity index (χ0) is 70.6. The number of fused-ring (bicyclic) bond motifs is 16. The van der Waals surface area contributed by atoms with Crippen LogP contribution in [0.25, 0.3) is 88.7 Å². The van der Waals surface area contributed by atoms with E-state index in [1.54, 1.807) is 18.7 Å². The van der Waals surface area contributed by atoms with Crippen LogP contribution in [0.15, 0.2) is 48.5 Å². The third kappa shape index (κ3) is 15.6. The largest absolute Gasteiger partial charge is 0.481 e. The fourth-order valence-corrected chi connectivity index (χ4v) is 13.8. The molecule has 0 aliphatic carbocycles. The van der Waals surface area contributed by atoms with Crippen molar-refractivity contribution in [3.63, 3.8) is 0 Å². The Balaban J connectivity index is 0.00000102. The molecule has 23 heteroatoms. The van der Waals surface area contributed by atoms with Crippen molar-refractivity contribution >= 4 is 113 Å². The molecule has 0 spiro atoms. The van der Waals surface area contributed by atoms with Crippen LogP contribution in [0, 0.1) is 27.7 Å². The number of allylic oxidation sites excluding steroid dienone is 7. The average molecular weight is 1330 g/mol. The fourth-order valence-electron chi connectivity index (χ4n) is 13.8. The van der Waals surface area contributed by atoms with E-state index in [-0.39, 0.29) is 71.2 Å². The van der Waals surface area contributed by atoms with E-state index in [1.807, 2.05) is 118 Å². The molecular weight excluding hydrogens is 1240 g/mol. The second-order valence-corrected chi connectivity index (χ2v) is 25.4. The fraction of sp³-hybridized carbons (Fsp3) is 0.405. The number of aromatic nitrogens is 8. The van der Waals surface area contributed by atoms with Gasteiger partial charge in [0.25, 0.3) is 0 Å². The van der Waals surface area contributed by atoms with E-state index in [0.717, 1.165) is 83.5 Å². The molecule has 23 nitrogen and oxygen atoms in total. The average Bonchev–Trinajstić information content (AvgIpc) is 1.64. The number of hydrogen-bond acceptors (Lipinski definition) is 15. The lowest BCUT2D eigenvalue weighted by atomic mass is 9.98. The first-order valence-electron chi connectivity index (χ1n) is 32.8. The van der Waals surface area contributed by atoms with Gasteiger partial charge in [-0.05, 0) is 224 Å². The van der Waals surface area contributed by atoms with E-state index in [2.05, 4.69) is 19.9 Å². The first-order chi connectivity index (χ1) is 46.0. The molecule has 4 atom stereocenters.